The van der Waals surface area contributed by atoms with Crippen LogP contribution in [0.4, 0.5) is 57.1 Å². The van der Waals surface area contributed by atoms with Crippen LogP contribution in [0.25, 0.3) is 0 Å². The summed E-state index contributed by atoms with van der Waals surface area (Å²) in [4.78, 5) is 0. The van der Waals surface area contributed by atoms with Gasteiger partial charge in [0.25, 0.3) is 0 Å². The zero-order valence-corrected chi connectivity index (χ0v) is 18.3. The number of hydrogen-bond donors (Lipinski definition) is 0. The van der Waals surface area contributed by atoms with E-state index in [0.29, 0.717) is 0 Å². The van der Waals surface area contributed by atoms with E-state index in [1.54, 1.807) is 4.74 Å². The van der Waals surface area contributed by atoms with E-state index >= 15 is 0 Å². The van der Waals surface area contributed by atoms with Crippen molar-refractivity contribution < 1.29 is 84.0 Å². The third-order valence-electron chi connectivity index (χ3n) is 3.72. The van der Waals surface area contributed by atoms with Crippen molar-refractivity contribution >= 4 is 15.8 Å². The Labute approximate surface area is 201 Å². The van der Waals surface area contributed by atoms with Crippen molar-refractivity contribution in [1.29, 1.82) is 5.26 Å². The summed E-state index contributed by atoms with van der Waals surface area (Å²) in [6, 6.07) is 1.08. The minimum absolute atomic E-state index is 0.118. The zero-order valence-electron chi connectivity index (χ0n) is 17.5. The molecule has 1 rings (SSSR count). The minimum atomic E-state index is -7.60. The fourth-order valence-electron chi connectivity index (χ4n) is 1.90. The summed E-state index contributed by atoms with van der Waals surface area (Å²) in [5.74, 6) is -7.48. The Balaban J connectivity index is 3.46. The smallest absolute Gasteiger partial charge is 0.473 e. The molecule has 8 nitrogen and oxygen atoms in total. The van der Waals surface area contributed by atoms with E-state index in [0.717, 1.165) is 30.3 Å². The molecule has 0 fully saturated rings. The normalized spacial score (nSPS) is 15.2. The number of oxime groups is 1. The van der Waals surface area contributed by atoms with Crippen molar-refractivity contribution in [3.05, 3.63) is 41.9 Å². The number of nitrogens with zero attached hydrogens (tertiary/aromatic N) is 2. The van der Waals surface area contributed by atoms with Gasteiger partial charge in [0.2, 0.25) is 0 Å². The second-order valence-corrected chi connectivity index (χ2v) is 7.76. The largest absolute Gasteiger partial charge is 0.497 e. The number of methoxy groups -OCH3 is 1. The van der Waals surface area contributed by atoms with Crippen LogP contribution in [-0.4, -0.2) is 50.7 Å². The molecule has 1 aromatic rings. The second kappa shape index (κ2) is 10.7. The van der Waals surface area contributed by atoms with Gasteiger partial charge >= 0.3 is 51.7 Å². The number of rotatable bonds is 11. The van der Waals surface area contributed by atoms with Gasteiger partial charge in [-0.15, -0.1) is 0 Å². The summed E-state index contributed by atoms with van der Waals surface area (Å²) in [7, 11) is -6.26. The highest BCUT2D eigenvalue weighted by molar-refractivity contribution is 7.87. The Kier molecular flexibility index (Phi) is 9.18. The molecule has 0 saturated carbocycles. The van der Waals surface area contributed by atoms with Crippen molar-refractivity contribution in [2.45, 2.75) is 29.5 Å². The molecule has 0 N–H and O–H groups in total. The molecule has 0 radical (unpaired) electrons. The minimum Gasteiger partial charge on any atom is -0.497 e. The van der Waals surface area contributed by atoms with Crippen LogP contribution in [0, 0.1) is 11.3 Å². The van der Waals surface area contributed by atoms with Gasteiger partial charge in [-0.1, -0.05) is 5.16 Å². The maximum absolute atomic E-state index is 14.0. The average Bonchev–Trinajstić information content (AvgIpc) is 2.78. The van der Waals surface area contributed by atoms with E-state index in [2.05, 4.69) is 9.44 Å². The summed E-state index contributed by atoms with van der Waals surface area (Å²) >= 11 is 0. The summed E-state index contributed by atoms with van der Waals surface area (Å²) in [6.07, 6.45) is -26.4. The van der Waals surface area contributed by atoms with Gasteiger partial charge in [0.05, 0.1) is 7.11 Å². The Morgan fingerprint density at radius 2 is 1.39 bits per heavy atom. The standard InChI is InChI=1S/C16H7F13N2O6S/c1-34-8-4-2-7(3-5-8)9(6-30)31-37-38(32,33)16(28,29)15(26,27)36-12(20,13(21,22)23)14(24,25)35-11(19)10(17)18/h2-5H,1H3/b31-9+. The number of benzene rings is 1. The highest BCUT2D eigenvalue weighted by Crippen LogP contribution is 2.53. The van der Waals surface area contributed by atoms with Crippen molar-refractivity contribution in [3.8, 4) is 11.8 Å². The number of ether oxygens (including phenoxy) is 3. The molecule has 0 aromatic heterocycles. The van der Waals surface area contributed by atoms with Gasteiger partial charge in [0, 0.05) is 5.56 Å². The number of hydrogen-bond acceptors (Lipinski definition) is 8. The van der Waals surface area contributed by atoms with E-state index in [9.17, 15) is 65.5 Å². The first-order valence-electron chi connectivity index (χ1n) is 8.54. The van der Waals surface area contributed by atoms with Crippen LogP contribution >= 0.6 is 0 Å². The third-order valence-corrected chi connectivity index (χ3v) is 4.86. The van der Waals surface area contributed by atoms with Crippen LogP contribution in [-0.2, 0) is 23.9 Å². The van der Waals surface area contributed by atoms with Crippen molar-refractivity contribution in [1.82, 2.24) is 0 Å². The maximum Gasteiger partial charge on any atom is 0.473 e. The molecule has 0 bridgehead atoms. The molecule has 0 aliphatic rings. The molecule has 0 heterocycles. The van der Waals surface area contributed by atoms with Gasteiger partial charge in [-0.05, 0) is 24.3 Å². The predicted molar refractivity (Wildman–Crippen MR) is 92.4 cm³/mol. The van der Waals surface area contributed by atoms with Gasteiger partial charge in [0.15, 0.2) is 5.71 Å². The van der Waals surface area contributed by atoms with Gasteiger partial charge < -0.3 is 9.47 Å². The van der Waals surface area contributed by atoms with Crippen LogP contribution in [0.15, 0.2) is 41.5 Å². The molecule has 0 saturated heterocycles. The SMILES string of the molecule is COc1ccc(/C(C#N)=N/OS(=O)(=O)C(F)(F)C(F)(F)OC(F)(C(F)(F)F)C(F)(F)OC(F)=C(F)F)cc1. The lowest BCUT2D eigenvalue weighted by Gasteiger charge is -2.36. The maximum atomic E-state index is 14.0. The van der Waals surface area contributed by atoms with Crippen molar-refractivity contribution in [2.75, 3.05) is 7.11 Å². The van der Waals surface area contributed by atoms with E-state index < -0.39 is 63.0 Å². The molecule has 214 valence electrons. The first-order valence-corrected chi connectivity index (χ1v) is 9.95. The fourth-order valence-corrected chi connectivity index (χ4v) is 2.50. The molecule has 1 aromatic carbocycles. The van der Waals surface area contributed by atoms with Gasteiger partial charge in [0.1, 0.15) is 11.8 Å². The first-order chi connectivity index (χ1) is 17.0. The molecule has 1 unspecified atom stereocenters. The van der Waals surface area contributed by atoms with E-state index in [1.165, 1.54) is 7.11 Å². The molecular formula is C16H7F13N2O6S. The average molecular weight is 602 g/mol. The summed E-state index contributed by atoms with van der Waals surface area (Å²) in [6.45, 7) is 0. The third kappa shape index (κ3) is 6.32. The summed E-state index contributed by atoms with van der Waals surface area (Å²) < 4.78 is 206. The van der Waals surface area contributed by atoms with Crippen LogP contribution < -0.4 is 4.74 Å². The first kappa shape index (κ1) is 32.5. The lowest BCUT2D eigenvalue weighted by atomic mass is 10.1. The van der Waals surface area contributed by atoms with Gasteiger partial charge in [-0.3, -0.25) is 9.02 Å². The van der Waals surface area contributed by atoms with E-state index in [4.69, 9.17) is 10.00 Å². The highest BCUT2D eigenvalue weighted by Gasteiger charge is 2.83. The molecular weight excluding hydrogens is 595 g/mol. The van der Waals surface area contributed by atoms with Crippen LogP contribution in [0.2, 0.25) is 0 Å². The zero-order chi connectivity index (χ0) is 30.0. The van der Waals surface area contributed by atoms with Crippen LogP contribution in [0.1, 0.15) is 5.56 Å². The Bertz CT molecular complexity index is 1220. The molecule has 0 spiro atoms. The Morgan fingerprint density at radius 3 is 1.79 bits per heavy atom. The van der Waals surface area contributed by atoms with E-state index in [1.807, 2.05) is 4.74 Å². The second-order valence-electron chi connectivity index (χ2n) is 6.19. The van der Waals surface area contributed by atoms with Crippen LogP contribution in [0.3, 0.4) is 0 Å². The summed E-state index contributed by atoms with van der Waals surface area (Å²) in [5, 5.41) is 3.97. The van der Waals surface area contributed by atoms with Crippen LogP contribution in [0.5, 0.6) is 5.75 Å². The molecule has 38 heavy (non-hydrogen) atoms. The predicted octanol–water partition coefficient (Wildman–Crippen LogP) is 5.34. The molecule has 0 aliphatic carbocycles. The topological polar surface area (TPSA) is 107 Å². The van der Waals surface area contributed by atoms with Gasteiger partial charge in [-0.25, -0.2) is 0 Å². The lowest BCUT2D eigenvalue weighted by molar-refractivity contribution is -0.510. The van der Waals surface area contributed by atoms with Crippen molar-refractivity contribution in [3.63, 3.8) is 0 Å². The fraction of sp³-hybridized carbons (Fsp3) is 0.375. The van der Waals surface area contributed by atoms with Gasteiger partial charge in [-0.2, -0.15) is 70.8 Å². The quantitative estimate of drug-likeness (QED) is 0.146. The number of nitriles is 1. The Hall–Kier alpha value is -3.48. The lowest BCUT2D eigenvalue weighted by Crippen LogP contribution is -2.64. The number of halogens is 13. The van der Waals surface area contributed by atoms with E-state index in [-0.39, 0.29) is 5.75 Å². The molecule has 22 heteroatoms. The molecule has 1 atom stereocenters. The molecule has 0 amide bonds. The highest BCUT2D eigenvalue weighted by atomic mass is 32.2. The number of alkyl halides is 10. The monoisotopic (exact) mass is 602 g/mol. The molecule has 0 aliphatic heterocycles. The summed E-state index contributed by atoms with van der Waals surface area (Å²) in [5.41, 5.74) is -1.69. The Morgan fingerprint density at radius 1 is 0.895 bits per heavy atom. The van der Waals surface area contributed by atoms with Crippen molar-refractivity contribution in [2.24, 2.45) is 5.16 Å².